The number of fused-ring (bicyclic) bond motifs is 1. The molecule has 19 heavy (non-hydrogen) atoms. The largest absolute Gasteiger partial charge is 0.466 e. The molecule has 2 aromatic heterocycles. The van der Waals surface area contributed by atoms with Crippen LogP contribution in [0.25, 0.3) is 10.2 Å². The van der Waals surface area contributed by atoms with Gasteiger partial charge in [0.1, 0.15) is 4.70 Å². The maximum absolute atomic E-state index is 12.0. The van der Waals surface area contributed by atoms with Gasteiger partial charge in [0.05, 0.1) is 37.5 Å². The second-order valence-electron chi connectivity index (χ2n) is 4.00. The summed E-state index contributed by atoms with van der Waals surface area (Å²) in [5, 5.41) is 11.6. The van der Waals surface area contributed by atoms with Crippen LogP contribution in [0.2, 0.25) is 0 Å². The van der Waals surface area contributed by atoms with Crippen molar-refractivity contribution in [1.29, 1.82) is 0 Å². The first kappa shape index (κ1) is 13.7. The first-order valence-corrected chi connectivity index (χ1v) is 6.76. The van der Waals surface area contributed by atoms with Crippen molar-refractivity contribution in [3.63, 3.8) is 0 Å². The summed E-state index contributed by atoms with van der Waals surface area (Å²) in [7, 11) is 0. The van der Waals surface area contributed by atoms with Crippen molar-refractivity contribution in [2.75, 3.05) is 6.61 Å². The Morgan fingerprint density at radius 2 is 2.42 bits per heavy atom. The van der Waals surface area contributed by atoms with Crippen molar-refractivity contribution in [2.45, 2.75) is 26.0 Å². The molecule has 1 atom stereocenters. The van der Waals surface area contributed by atoms with Crippen LogP contribution < -0.4 is 5.56 Å². The van der Waals surface area contributed by atoms with Gasteiger partial charge in [-0.25, -0.2) is 4.98 Å². The molecule has 0 spiro atoms. The smallest absolute Gasteiger partial charge is 0.308 e. The van der Waals surface area contributed by atoms with Gasteiger partial charge in [0.15, 0.2) is 0 Å². The molecule has 1 unspecified atom stereocenters. The number of hydrogen-bond donors (Lipinski definition) is 1. The molecule has 0 amide bonds. The van der Waals surface area contributed by atoms with E-state index in [4.69, 9.17) is 4.74 Å². The Morgan fingerprint density at radius 1 is 1.63 bits per heavy atom. The fourth-order valence-corrected chi connectivity index (χ4v) is 2.51. The van der Waals surface area contributed by atoms with Gasteiger partial charge in [-0.3, -0.25) is 14.2 Å². The number of carbonyl (C=O) groups is 1. The van der Waals surface area contributed by atoms with E-state index in [1.807, 2.05) is 0 Å². The van der Waals surface area contributed by atoms with E-state index in [1.54, 1.807) is 18.4 Å². The van der Waals surface area contributed by atoms with E-state index in [0.717, 1.165) is 0 Å². The predicted molar refractivity (Wildman–Crippen MR) is 71.1 cm³/mol. The lowest BCUT2D eigenvalue weighted by Crippen LogP contribution is -2.28. The third-order valence-electron chi connectivity index (χ3n) is 2.55. The van der Waals surface area contributed by atoms with Gasteiger partial charge in [0, 0.05) is 0 Å². The zero-order valence-electron chi connectivity index (χ0n) is 10.4. The molecule has 0 bridgehead atoms. The fourth-order valence-electron chi connectivity index (χ4n) is 1.71. The normalized spacial score (nSPS) is 12.5. The third-order valence-corrected chi connectivity index (χ3v) is 3.44. The molecular weight excluding hydrogens is 268 g/mol. The Balaban J connectivity index is 2.10. The lowest BCUT2D eigenvalue weighted by atomic mass is 10.2. The Morgan fingerprint density at radius 3 is 3.16 bits per heavy atom. The number of aromatic nitrogens is 2. The SMILES string of the molecule is CCOC(=O)CC(O)Cn1cnc2ccsc2c1=O. The summed E-state index contributed by atoms with van der Waals surface area (Å²) in [6.07, 6.45) is 0.282. The van der Waals surface area contributed by atoms with Crippen molar-refractivity contribution in [2.24, 2.45) is 0 Å². The van der Waals surface area contributed by atoms with E-state index in [1.165, 1.54) is 22.2 Å². The molecule has 7 heteroatoms. The number of carbonyl (C=O) groups excluding carboxylic acids is 1. The van der Waals surface area contributed by atoms with Crippen molar-refractivity contribution in [3.8, 4) is 0 Å². The van der Waals surface area contributed by atoms with Crippen LogP contribution in [-0.2, 0) is 16.1 Å². The second kappa shape index (κ2) is 5.94. The molecule has 0 aliphatic heterocycles. The Labute approximate surface area is 113 Å². The molecule has 0 saturated heterocycles. The van der Waals surface area contributed by atoms with Gasteiger partial charge in [0.2, 0.25) is 0 Å². The van der Waals surface area contributed by atoms with E-state index < -0.39 is 12.1 Å². The molecule has 102 valence electrons. The maximum Gasteiger partial charge on any atom is 0.308 e. The van der Waals surface area contributed by atoms with Gasteiger partial charge >= 0.3 is 5.97 Å². The topological polar surface area (TPSA) is 81.4 Å². The average molecular weight is 282 g/mol. The van der Waals surface area contributed by atoms with Crippen molar-refractivity contribution in [3.05, 3.63) is 28.1 Å². The van der Waals surface area contributed by atoms with Crippen LogP contribution in [0, 0.1) is 0 Å². The van der Waals surface area contributed by atoms with Crippen molar-refractivity contribution >= 4 is 27.5 Å². The van der Waals surface area contributed by atoms with Crippen molar-refractivity contribution in [1.82, 2.24) is 9.55 Å². The summed E-state index contributed by atoms with van der Waals surface area (Å²) in [5.41, 5.74) is 0.439. The molecule has 0 aromatic carbocycles. The van der Waals surface area contributed by atoms with E-state index in [0.29, 0.717) is 10.2 Å². The number of rotatable bonds is 5. The minimum Gasteiger partial charge on any atom is -0.466 e. The van der Waals surface area contributed by atoms with Gasteiger partial charge in [-0.05, 0) is 18.4 Å². The summed E-state index contributed by atoms with van der Waals surface area (Å²) in [6, 6.07) is 1.76. The first-order valence-electron chi connectivity index (χ1n) is 5.88. The molecule has 0 saturated carbocycles. The highest BCUT2D eigenvalue weighted by Gasteiger charge is 2.14. The minimum atomic E-state index is -0.962. The Kier molecular flexibility index (Phi) is 4.28. The van der Waals surface area contributed by atoms with Gasteiger partial charge in [-0.2, -0.15) is 0 Å². The number of esters is 1. The number of thiophene rings is 1. The number of nitrogens with zero attached hydrogens (tertiary/aromatic N) is 2. The van der Waals surface area contributed by atoms with Crippen LogP contribution in [0.15, 0.2) is 22.6 Å². The number of aliphatic hydroxyl groups is 1. The third kappa shape index (κ3) is 3.18. The number of hydrogen-bond acceptors (Lipinski definition) is 6. The fraction of sp³-hybridized carbons (Fsp3) is 0.417. The first-order chi connectivity index (χ1) is 9.11. The van der Waals surface area contributed by atoms with Gasteiger partial charge in [-0.1, -0.05) is 0 Å². The highest BCUT2D eigenvalue weighted by molar-refractivity contribution is 7.17. The lowest BCUT2D eigenvalue weighted by molar-refractivity contribution is -0.145. The predicted octanol–water partition coefficient (Wildman–Crippen LogP) is 0.772. The van der Waals surface area contributed by atoms with E-state index in [9.17, 15) is 14.7 Å². The summed E-state index contributed by atoms with van der Waals surface area (Å²) in [4.78, 5) is 27.4. The molecule has 2 aromatic rings. The molecule has 0 fully saturated rings. The molecule has 0 aliphatic carbocycles. The lowest BCUT2D eigenvalue weighted by Gasteiger charge is -2.11. The second-order valence-corrected chi connectivity index (χ2v) is 4.92. The molecule has 0 radical (unpaired) electrons. The van der Waals surface area contributed by atoms with Gasteiger partial charge < -0.3 is 9.84 Å². The number of ether oxygens (including phenoxy) is 1. The molecule has 6 nitrogen and oxygen atoms in total. The summed E-state index contributed by atoms with van der Waals surface area (Å²) < 4.78 is 6.59. The van der Waals surface area contributed by atoms with E-state index >= 15 is 0 Å². The van der Waals surface area contributed by atoms with Gasteiger partial charge in [0.25, 0.3) is 5.56 Å². The highest BCUT2D eigenvalue weighted by atomic mass is 32.1. The highest BCUT2D eigenvalue weighted by Crippen LogP contribution is 2.13. The van der Waals surface area contributed by atoms with Crippen LogP contribution in [0.5, 0.6) is 0 Å². The van der Waals surface area contributed by atoms with Crippen LogP contribution >= 0.6 is 11.3 Å². The maximum atomic E-state index is 12.0. The summed E-state index contributed by atoms with van der Waals surface area (Å²) >= 11 is 1.31. The van der Waals surface area contributed by atoms with Gasteiger partial charge in [-0.15, -0.1) is 11.3 Å². The summed E-state index contributed by atoms with van der Waals surface area (Å²) in [5.74, 6) is -0.479. The van der Waals surface area contributed by atoms with Crippen LogP contribution in [-0.4, -0.2) is 33.3 Å². The molecule has 0 aliphatic rings. The average Bonchev–Trinajstić information content (AvgIpc) is 2.82. The van der Waals surface area contributed by atoms with E-state index in [2.05, 4.69) is 4.98 Å². The quantitative estimate of drug-likeness (QED) is 0.819. The number of aliphatic hydroxyl groups excluding tert-OH is 1. The standard InChI is InChI=1S/C12H14N2O4S/c1-2-18-10(16)5-8(15)6-14-7-13-9-3-4-19-11(9)12(14)17/h3-4,7-8,15H,2,5-6H2,1H3. The van der Waals surface area contributed by atoms with Crippen LogP contribution in [0.3, 0.4) is 0 Å². The van der Waals surface area contributed by atoms with Crippen molar-refractivity contribution < 1.29 is 14.6 Å². The zero-order chi connectivity index (χ0) is 13.8. The minimum absolute atomic E-state index is 0.0263. The van der Waals surface area contributed by atoms with Crippen LogP contribution in [0.4, 0.5) is 0 Å². The zero-order valence-corrected chi connectivity index (χ0v) is 11.2. The van der Waals surface area contributed by atoms with E-state index in [-0.39, 0.29) is 25.1 Å². The Bertz CT molecular complexity index is 634. The summed E-state index contributed by atoms with van der Waals surface area (Å²) in [6.45, 7) is 2.00. The molecule has 2 heterocycles. The molecule has 1 N–H and O–H groups in total. The molecular formula is C12H14N2O4S. The van der Waals surface area contributed by atoms with Crippen LogP contribution in [0.1, 0.15) is 13.3 Å². The monoisotopic (exact) mass is 282 g/mol. The Hall–Kier alpha value is -1.73. The molecule has 2 rings (SSSR count).